The van der Waals surface area contributed by atoms with Crippen molar-refractivity contribution >= 4 is 17.4 Å². The van der Waals surface area contributed by atoms with Crippen molar-refractivity contribution in [2.24, 2.45) is 29.1 Å². The molecule has 45 heavy (non-hydrogen) atoms. The van der Waals surface area contributed by atoms with Crippen LogP contribution in [0.1, 0.15) is 58.6 Å². The van der Waals surface area contributed by atoms with Crippen molar-refractivity contribution in [1.29, 1.82) is 0 Å². The molecule has 5 rings (SSSR count). The Labute approximate surface area is 267 Å². The first-order chi connectivity index (χ1) is 21.2. The molecule has 10 nitrogen and oxygen atoms in total. The number of fused-ring (bicyclic) bond motifs is 2. The van der Waals surface area contributed by atoms with Crippen LogP contribution in [0, 0.1) is 29.1 Å². The third-order valence-corrected chi connectivity index (χ3v) is 10.4. The first kappa shape index (κ1) is 34.7. The van der Waals surface area contributed by atoms with Crippen LogP contribution in [0.3, 0.4) is 0 Å². The van der Waals surface area contributed by atoms with Crippen LogP contribution in [0.15, 0.2) is 48.7 Å². The van der Waals surface area contributed by atoms with Crippen molar-refractivity contribution < 1.29 is 34.5 Å². The van der Waals surface area contributed by atoms with E-state index in [-0.39, 0.29) is 30.5 Å². The molecule has 1 aromatic carbocycles. The Morgan fingerprint density at radius 2 is 1.98 bits per heavy atom. The number of hydrogen-bond acceptors (Lipinski definition) is 8. The van der Waals surface area contributed by atoms with Gasteiger partial charge in [0.15, 0.2) is 0 Å². The summed E-state index contributed by atoms with van der Waals surface area (Å²) in [4.78, 5) is 33.5. The van der Waals surface area contributed by atoms with Gasteiger partial charge in [0.2, 0.25) is 5.91 Å². The van der Waals surface area contributed by atoms with E-state index in [0.29, 0.717) is 52.5 Å². The van der Waals surface area contributed by atoms with Crippen LogP contribution >= 0.6 is 0 Å². The number of aliphatic hydroxyl groups is 2. The maximum atomic E-state index is 14.1. The van der Waals surface area contributed by atoms with Crippen LogP contribution in [-0.4, -0.2) is 88.8 Å². The molecule has 10 heteroatoms. The molecule has 1 heterocycles. The molecule has 4 fully saturated rings. The zero-order valence-electron chi connectivity index (χ0n) is 27.7. The maximum Gasteiger partial charge on any atom is 0.328 e. The Bertz CT molecular complexity index is 1320. The number of aliphatic hydroxyl groups excluding tert-OH is 2. The molecule has 0 radical (unpaired) electrons. The molecule has 8 atom stereocenters. The second kappa shape index (κ2) is 14.1. The van der Waals surface area contributed by atoms with Gasteiger partial charge in [-0.15, -0.1) is 0 Å². The SMILES string of the molecule is C=C(C=C(C=CC(=O)O)c1cccc(CN2O[C@@H](CO)[C@@H]([C@H](C)O)[C@H]2C(=O)N[C@H]2C[C@H]3C[C@@H]([C@@H]2C)C3(C)C)c1OCC)N(C)C. The molecule has 0 spiro atoms. The molecule has 1 aromatic rings. The highest BCUT2D eigenvalue weighted by atomic mass is 16.7. The van der Waals surface area contributed by atoms with Gasteiger partial charge in [0.1, 0.15) is 17.9 Å². The van der Waals surface area contributed by atoms with Crippen LogP contribution < -0.4 is 10.1 Å². The average Bonchev–Trinajstić information content (AvgIpc) is 3.35. The van der Waals surface area contributed by atoms with Crippen LogP contribution in [0.2, 0.25) is 0 Å². The quantitative estimate of drug-likeness (QED) is 0.191. The normalized spacial score (nSPS) is 30.1. The van der Waals surface area contributed by atoms with Gasteiger partial charge in [0.05, 0.1) is 25.9 Å². The number of rotatable bonds is 13. The van der Waals surface area contributed by atoms with E-state index in [2.05, 4.69) is 32.7 Å². The molecule has 3 saturated carbocycles. The van der Waals surface area contributed by atoms with E-state index in [0.717, 1.165) is 12.5 Å². The fraction of sp³-hybridized carbons (Fsp3) is 0.600. The third kappa shape index (κ3) is 7.14. The third-order valence-electron chi connectivity index (χ3n) is 10.4. The number of hydroxylamine groups is 2. The van der Waals surface area contributed by atoms with Gasteiger partial charge in [-0.25, -0.2) is 4.79 Å². The van der Waals surface area contributed by atoms with E-state index >= 15 is 0 Å². The van der Waals surface area contributed by atoms with Crippen LogP contribution in [-0.2, 0) is 21.0 Å². The zero-order valence-corrected chi connectivity index (χ0v) is 27.7. The lowest BCUT2D eigenvalue weighted by atomic mass is 9.45. The van der Waals surface area contributed by atoms with Crippen molar-refractivity contribution in [3.8, 4) is 5.75 Å². The number of para-hydroxylation sites is 1. The molecule has 248 valence electrons. The van der Waals surface area contributed by atoms with E-state index in [1.165, 1.54) is 12.5 Å². The van der Waals surface area contributed by atoms with Gasteiger partial charge in [-0.1, -0.05) is 45.5 Å². The van der Waals surface area contributed by atoms with Crippen molar-refractivity contribution in [3.05, 3.63) is 59.8 Å². The Hall–Kier alpha value is -3.18. The van der Waals surface area contributed by atoms with Gasteiger partial charge in [-0.05, 0) is 67.6 Å². The lowest BCUT2D eigenvalue weighted by Gasteiger charge is -2.62. The number of ether oxygens (including phenoxy) is 1. The van der Waals surface area contributed by atoms with Gasteiger partial charge < -0.3 is 30.3 Å². The van der Waals surface area contributed by atoms with Gasteiger partial charge in [-0.3, -0.25) is 9.63 Å². The summed E-state index contributed by atoms with van der Waals surface area (Å²) in [6, 6.07) is 4.73. The Kier molecular flexibility index (Phi) is 10.8. The average molecular weight is 626 g/mol. The molecule has 2 bridgehead atoms. The van der Waals surface area contributed by atoms with E-state index in [1.54, 1.807) is 18.1 Å². The number of hydrogen-bond donors (Lipinski definition) is 4. The van der Waals surface area contributed by atoms with Crippen molar-refractivity contribution in [3.63, 3.8) is 0 Å². The highest BCUT2D eigenvalue weighted by molar-refractivity contribution is 5.88. The molecule has 3 aliphatic carbocycles. The second-order valence-corrected chi connectivity index (χ2v) is 13.6. The molecule has 1 amide bonds. The standard InChI is InChI=1S/C35H51N3O7/c1-9-44-33-24(11-10-12-26(33)23(13-14-30(41)42)15-20(2)37(7)8)18-38-32(31(22(4)40)29(19-39)45-38)34(43)36-28-17-25-16-27(21(28)3)35(25,5)6/h10-15,21-22,25,27-29,31-32,39-40H,2,9,16-19H2,1,3-8H3,(H,36,43)(H,41,42)/t21-,22-,25+,27-,28-,29-,31+,32-/m0/s1. The number of carbonyl (C=O) groups is 2. The minimum Gasteiger partial charge on any atom is -0.493 e. The number of benzene rings is 1. The topological polar surface area (TPSA) is 132 Å². The minimum atomic E-state index is -1.09. The summed E-state index contributed by atoms with van der Waals surface area (Å²) in [5.74, 6) is -0.0179. The maximum absolute atomic E-state index is 14.1. The van der Waals surface area contributed by atoms with Gasteiger partial charge in [0.25, 0.3) is 0 Å². The van der Waals surface area contributed by atoms with Gasteiger partial charge in [0, 0.05) is 49.0 Å². The molecular formula is C35H51N3O7. The lowest BCUT2D eigenvalue weighted by molar-refractivity contribution is -0.183. The van der Waals surface area contributed by atoms with Gasteiger partial charge in [-0.2, -0.15) is 5.06 Å². The number of aliphatic carboxylic acids is 1. The van der Waals surface area contributed by atoms with Gasteiger partial charge >= 0.3 is 5.97 Å². The zero-order chi connectivity index (χ0) is 33.2. The number of nitrogens with zero attached hydrogens (tertiary/aromatic N) is 2. The van der Waals surface area contributed by atoms with Crippen molar-refractivity contribution in [2.45, 2.75) is 78.3 Å². The summed E-state index contributed by atoms with van der Waals surface area (Å²) >= 11 is 0. The number of carboxylic acids is 1. The summed E-state index contributed by atoms with van der Waals surface area (Å²) in [5.41, 5.74) is 2.88. The van der Waals surface area contributed by atoms with Crippen LogP contribution in [0.25, 0.3) is 5.57 Å². The number of nitrogens with one attached hydrogen (secondary N) is 1. The number of amides is 1. The van der Waals surface area contributed by atoms with Crippen molar-refractivity contribution in [2.75, 3.05) is 27.3 Å². The summed E-state index contributed by atoms with van der Waals surface area (Å²) in [5, 5.41) is 35.3. The number of carboxylic acid groups (broad SMARTS) is 1. The summed E-state index contributed by atoms with van der Waals surface area (Å²) in [6.45, 7) is 14.5. The monoisotopic (exact) mass is 625 g/mol. The predicted octanol–water partition coefficient (Wildman–Crippen LogP) is 3.85. The molecule has 1 aliphatic heterocycles. The van der Waals surface area contributed by atoms with E-state index in [9.17, 15) is 24.9 Å². The number of allylic oxidation sites excluding steroid dienone is 3. The Morgan fingerprint density at radius 1 is 1.27 bits per heavy atom. The van der Waals surface area contributed by atoms with E-state index in [4.69, 9.17) is 9.57 Å². The smallest absolute Gasteiger partial charge is 0.328 e. The molecule has 1 saturated heterocycles. The molecular weight excluding hydrogens is 574 g/mol. The fourth-order valence-corrected chi connectivity index (χ4v) is 7.59. The van der Waals surface area contributed by atoms with Crippen molar-refractivity contribution in [1.82, 2.24) is 15.3 Å². The predicted molar refractivity (Wildman–Crippen MR) is 173 cm³/mol. The molecule has 4 N–H and O–H groups in total. The largest absolute Gasteiger partial charge is 0.493 e. The highest BCUT2D eigenvalue weighted by Crippen LogP contribution is 2.61. The minimum absolute atomic E-state index is 0.0276. The first-order valence-electron chi connectivity index (χ1n) is 16.0. The fourth-order valence-electron chi connectivity index (χ4n) is 7.59. The van der Waals surface area contributed by atoms with E-state index in [1.807, 2.05) is 44.1 Å². The molecule has 0 unspecified atom stereocenters. The van der Waals surface area contributed by atoms with Crippen LogP contribution in [0.4, 0.5) is 0 Å². The Balaban J connectivity index is 1.69. The number of likely N-dealkylation sites (N-methyl/N-ethyl adjacent to an activating group) is 1. The Morgan fingerprint density at radius 3 is 2.53 bits per heavy atom. The molecule has 0 aromatic heterocycles. The lowest BCUT2D eigenvalue weighted by Crippen LogP contribution is -2.62. The molecule has 4 aliphatic rings. The summed E-state index contributed by atoms with van der Waals surface area (Å²) < 4.78 is 6.16. The highest BCUT2D eigenvalue weighted by Gasteiger charge is 2.57. The van der Waals surface area contributed by atoms with Crippen LogP contribution in [0.5, 0.6) is 5.75 Å². The summed E-state index contributed by atoms with van der Waals surface area (Å²) in [7, 11) is 3.70. The summed E-state index contributed by atoms with van der Waals surface area (Å²) in [6.07, 6.45) is 4.78. The van der Waals surface area contributed by atoms with E-state index < -0.39 is 30.1 Å². The number of carbonyl (C=O) groups excluding carboxylic acids is 1. The first-order valence-corrected chi connectivity index (χ1v) is 16.0. The second-order valence-electron chi connectivity index (χ2n) is 13.6.